The minimum Gasteiger partial charge on any atom is -0.353 e. The molecule has 23 heavy (non-hydrogen) atoms. The Morgan fingerprint density at radius 2 is 2.00 bits per heavy atom. The average molecular weight is 317 g/mol. The normalized spacial score (nSPS) is 27.8. The number of nitrogens with zero attached hydrogens (tertiary/aromatic N) is 2. The third-order valence-electron chi connectivity index (χ3n) is 5.59. The van der Waals surface area contributed by atoms with Gasteiger partial charge in [-0.2, -0.15) is 4.98 Å². The topological polar surface area (TPSA) is 68.0 Å². The summed E-state index contributed by atoms with van der Waals surface area (Å²) in [6, 6.07) is 0.409. The van der Waals surface area contributed by atoms with Gasteiger partial charge in [0, 0.05) is 24.8 Å². The van der Waals surface area contributed by atoms with Gasteiger partial charge in [-0.25, -0.2) is 0 Å². The second-order valence-corrected chi connectivity index (χ2v) is 7.70. The number of nitrogens with one attached hydrogen (secondary N) is 1. The fourth-order valence-electron chi connectivity index (χ4n) is 3.93. The standard InChI is InChI=1S/C18H27N3O2/c22-16(19-15-4-1-3-14(11-15)12-7-8-12)5-2-6-17-20-18(21-23-17)13-9-10-13/h12-15H,1-11H2,(H,19,22)/t14-,15+/m0/s1. The molecule has 126 valence electrons. The molecular weight excluding hydrogens is 290 g/mol. The fourth-order valence-corrected chi connectivity index (χ4v) is 3.93. The van der Waals surface area contributed by atoms with Crippen LogP contribution >= 0.6 is 0 Å². The molecule has 1 heterocycles. The van der Waals surface area contributed by atoms with Crippen molar-refractivity contribution in [2.24, 2.45) is 11.8 Å². The predicted octanol–water partition coefficient (Wildman–Crippen LogP) is 3.35. The number of carbonyl (C=O) groups is 1. The second kappa shape index (κ2) is 6.62. The molecular formula is C18H27N3O2. The first kappa shape index (κ1) is 15.2. The molecule has 1 aromatic rings. The average Bonchev–Trinajstić information content (AvgIpc) is 3.46. The van der Waals surface area contributed by atoms with Crippen LogP contribution < -0.4 is 5.32 Å². The summed E-state index contributed by atoms with van der Waals surface area (Å²) < 4.78 is 5.25. The zero-order chi connectivity index (χ0) is 15.6. The Labute approximate surface area is 137 Å². The lowest BCUT2D eigenvalue weighted by atomic mass is 9.82. The van der Waals surface area contributed by atoms with Crippen LogP contribution in [0.5, 0.6) is 0 Å². The molecule has 2 atom stereocenters. The van der Waals surface area contributed by atoms with Gasteiger partial charge < -0.3 is 9.84 Å². The first-order valence-corrected chi connectivity index (χ1v) is 9.40. The van der Waals surface area contributed by atoms with Crippen LogP contribution in [0, 0.1) is 11.8 Å². The third-order valence-corrected chi connectivity index (χ3v) is 5.59. The minimum absolute atomic E-state index is 0.188. The summed E-state index contributed by atoms with van der Waals surface area (Å²) >= 11 is 0. The van der Waals surface area contributed by atoms with Gasteiger partial charge in [0.2, 0.25) is 11.8 Å². The van der Waals surface area contributed by atoms with Crippen LogP contribution in [0.4, 0.5) is 0 Å². The summed E-state index contributed by atoms with van der Waals surface area (Å²) in [4.78, 5) is 16.6. The van der Waals surface area contributed by atoms with Gasteiger partial charge in [0.05, 0.1) is 0 Å². The van der Waals surface area contributed by atoms with E-state index < -0.39 is 0 Å². The lowest BCUT2D eigenvalue weighted by Crippen LogP contribution is -2.38. The summed E-state index contributed by atoms with van der Waals surface area (Å²) in [6.07, 6.45) is 12.3. The maximum absolute atomic E-state index is 12.1. The molecule has 5 heteroatoms. The van der Waals surface area contributed by atoms with Crippen LogP contribution in [0.2, 0.25) is 0 Å². The first-order chi connectivity index (χ1) is 11.3. The van der Waals surface area contributed by atoms with Crippen molar-refractivity contribution in [2.45, 2.75) is 82.6 Å². The molecule has 0 spiro atoms. The first-order valence-electron chi connectivity index (χ1n) is 9.40. The van der Waals surface area contributed by atoms with Crippen molar-refractivity contribution in [1.82, 2.24) is 15.5 Å². The number of rotatable bonds is 7. The van der Waals surface area contributed by atoms with E-state index in [1.165, 1.54) is 44.9 Å². The van der Waals surface area contributed by atoms with Gasteiger partial charge in [0.15, 0.2) is 5.82 Å². The molecule has 3 aliphatic rings. The molecule has 0 radical (unpaired) electrons. The molecule has 0 aromatic carbocycles. The number of hydrogen-bond donors (Lipinski definition) is 1. The van der Waals surface area contributed by atoms with E-state index in [0.717, 1.165) is 30.5 Å². The molecule has 0 saturated heterocycles. The monoisotopic (exact) mass is 317 g/mol. The van der Waals surface area contributed by atoms with E-state index in [1.54, 1.807) is 0 Å². The minimum atomic E-state index is 0.188. The van der Waals surface area contributed by atoms with Gasteiger partial charge in [0.25, 0.3) is 0 Å². The molecule has 3 saturated carbocycles. The lowest BCUT2D eigenvalue weighted by molar-refractivity contribution is -0.122. The maximum Gasteiger partial charge on any atom is 0.226 e. The summed E-state index contributed by atoms with van der Waals surface area (Å²) in [5.41, 5.74) is 0. The van der Waals surface area contributed by atoms with Crippen molar-refractivity contribution in [3.63, 3.8) is 0 Å². The third kappa shape index (κ3) is 4.12. The number of amides is 1. The van der Waals surface area contributed by atoms with Crippen molar-refractivity contribution in [3.05, 3.63) is 11.7 Å². The largest absolute Gasteiger partial charge is 0.353 e. The zero-order valence-electron chi connectivity index (χ0n) is 13.8. The maximum atomic E-state index is 12.1. The highest BCUT2D eigenvalue weighted by atomic mass is 16.5. The Morgan fingerprint density at radius 3 is 2.78 bits per heavy atom. The highest BCUT2D eigenvalue weighted by Crippen LogP contribution is 2.43. The molecule has 3 aliphatic carbocycles. The van der Waals surface area contributed by atoms with Gasteiger partial charge >= 0.3 is 0 Å². The molecule has 0 bridgehead atoms. The van der Waals surface area contributed by atoms with Gasteiger partial charge in [0.1, 0.15) is 0 Å². The number of aromatic nitrogens is 2. The van der Waals surface area contributed by atoms with Gasteiger partial charge in [-0.1, -0.05) is 18.0 Å². The van der Waals surface area contributed by atoms with Crippen molar-refractivity contribution >= 4 is 5.91 Å². The van der Waals surface area contributed by atoms with Crippen molar-refractivity contribution < 1.29 is 9.32 Å². The molecule has 0 aliphatic heterocycles. The highest BCUT2D eigenvalue weighted by molar-refractivity contribution is 5.76. The SMILES string of the molecule is O=C(CCCc1nc(C2CC2)no1)N[C@@H]1CCC[C@H](C2CC2)C1. The van der Waals surface area contributed by atoms with Crippen LogP contribution in [0.1, 0.15) is 81.8 Å². The molecule has 1 N–H and O–H groups in total. The Balaban J connectivity index is 1.16. The van der Waals surface area contributed by atoms with E-state index in [-0.39, 0.29) is 5.91 Å². The number of hydrogen-bond acceptors (Lipinski definition) is 4. The van der Waals surface area contributed by atoms with Gasteiger partial charge in [-0.15, -0.1) is 0 Å². The van der Waals surface area contributed by atoms with Crippen LogP contribution in [0.15, 0.2) is 4.52 Å². The summed E-state index contributed by atoms with van der Waals surface area (Å²) in [6.45, 7) is 0. The summed E-state index contributed by atoms with van der Waals surface area (Å²) in [7, 11) is 0. The highest BCUT2D eigenvalue weighted by Gasteiger charge is 2.35. The van der Waals surface area contributed by atoms with Crippen molar-refractivity contribution in [3.8, 4) is 0 Å². The predicted molar refractivity (Wildman–Crippen MR) is 85.8 cm³/mol. The van der Waals surface area contributed by atoms with Crippen LogP contribution in [-0.2, 0) is 11.2 Å². The number of aryl methyl sites for hydroxylation is 1. The summed E-state index contributed by atoms with van der Waals surface area (Å²) in [5.74, 6) is 4.10. The Hall–Kier alpha value is -1.39. The molecule has 1 amide bonds. The van der Waals surface area contributed by atoms with E-state index in [2.05, 4.69) is 15.5 Å². The van der Waals surface area contributed by atoms with E-state index in [9.17, 15) is 4.79 Å². The zero-order valence-corrected chi connectivity index (χ0v) is 13.8. The van der Waals surface area contributed by atoms with Crippen LogP contribution in [-0.4, -0.2) is 22.1 Å². The van der Waals surface area contributed by atoms with Gasteiger partial charge in [-0.05, 0) is 56.8 Å². The van der Waals surface area contributed by atoms with E-state index in [1.807, 2.05) is 0 Å². The Kier molecular flexibility index (Phi) is 4.36. The molecule has 1 aromatic heterocycles. The van der Waals surface area contributed by atoms with Crippen LogP contribution in [0.3, 0.4) is 0 Å². The molecule has 3 fully saturated rings. The summed E-state index contributed by atoms with van der Waals surface area (Å²) in [5, 5.41) is 7.26. The van der Waals surface area contributed by atoms with E-state index >= 15 is 0 Å². The van der Waals surface area contributed by atoms with Crippen molar-refractivity contribution in [2.75, 3.05) is 0 Å². The van der Waals surface area contributed by atoms with Crippen LogP contribution in [0.25, 0.3) is 0 Å². The number of carbonyl (C=O) groups excluding carboxylic acids is 1. The second-order valence-electron chi connectivity index (χ2n) is 7.70. The molecule has 0 unspecified atom stereocenters. The fraction of sp³-hybridized carbons (Fsp3) is 0.833. The molecule has 4 rings (SSSR count). The van der Waals surface area contributed by atoms with Crippen molar-refractivity contribution in [1.29, 1.82) is 0 Å². The van der Waals surface area contributed by atoms with E-state index in [0.29, 0.717) is 30.7 Å². The van der Waals surface area contributed by atoms with Gasteiger partial charge in [-0.3, -0.25) is 4.79 Å². The lowest BCUT2D eigenvalue weighted by Gasteiger charge is -2.29. The molecule has 5 nitrogen and oxygen atoms in total. The Bertz CT molecular complexity index is 548. The smallest absolute Gasteiger partial charge is 0.226 e. The van der Waals surface area contributed by atoms with E-state index in [4.69, 9.17) is 4.52 Å². The quantitative estimate of drug-likeness (QED) is 0.837. The Morgan fingerprint density at radius 1 is 1.13 bits per heavy atom.